The van der Waals surface area contributed by atoms with Gasteiger partial charge in [0, 0.05) is 14.8 Å². The molecule has 2 aromatic carbocycles. The van der Waals surface area contributed by atoms with Crippen molar-refractivity contribution in [3.8, 4) is 0 Å². The number of hydrogen-bond donors (Lipinski definition) is 1. The average Bonchev–Trinajstić information content (AvgIpc) is 3.53. The average molecular weight is 510 g/mol. The molecule has 0 radical (unpaired) electrons. The third kappa shape index (κ3) is 2.62. The molecule has 1 saturated heterocycles. The lowest BCUT2D eigenvalue weighted by Gasteiger charge is -2.37. The molecule has 1 aliphatic heterocycles. The highest BCUT2D eigenvalue weighted by Crippen LogP contribution is 2.65. The van der Waals surface area contributed by atoms with Crippen LogP contribution in [0.4, 0.5) is 11.4 Å². The van der Waals surface area contributed by atoms with Gasteiger partial charge in [-0.15, -0.1) is 0 Å². The summed E-state index contributed by atoms with van der Waals surface area (Å²) in [6.45, 7) is 0. The molecule has 4 aliphatic carbocycles. The van der Waals surface area contributed by atoms with Crippen molar-refractivity contribution in [1.82, 2.24) is 0 Å². The first kappa shape index (κ1) is 18.3. The summed E-state index contributed by atoms with van der Waals surface area (Å²) in [4.78, 5) is 40.6. The molecule has 6 atom stereocenters. The Balaban J connectivity index is 1.28. The monoisotopic (exact) mass is 510 g/mol. The molecule has 6 heteroatoms. The molecule has 2 bridgehead atoms. The molecule has 1 heterocycles. The number of allylic oxidation sites excluding steroid dienone is 2. The van der Waals surface area contributed by atoms with Gasteiger partial charge in [-0.1, -0.05) is 18.2 Å². The lowest BCUT2D eigenvalue weighted by molar-refractivity contribution is -0.124. The third-order valence-corrected chi connectivity index (χ3v) is 7.85. The molecule has 0 unspecified atom stereocenters. The fraction of sp³-hybridized carbons (Fsp3) is 0.292. The maximum absolute atomic E-state index is 13.3. The van der Waals surface area contributed by atoms with Crippen LogP contribution in [0.5, 0.6) is 0 Å². The van der Waals surface area contributed by atoms with Crippen LogP contribution in [-0.2, 0) is 9.59 Å². The van der Waals surface area contributed by atoms with Crippen molar-refractivity contribution in [2.45, 2.75) is 6.42 Å². The maximum atomic E-state index is 13.3. The van der Waals surface area contributed by atoms with Gasteiger partial charge in [-0.3, -0.25) is 14.4 Å². The summed E-state index contributed by atoms with van der Waals surface area (Å²) in [6.07, 6.45) is 5.48. The van der Waals surface area contributed by atoms with E-state index in [1.54, 1.807) is 24.3 Å². The van der Waals surface area contributed by atoms with Crippen LogP contribution in [0, 0.1) is 39.1 Å². The number of carbonyl (C=O) groups excluding carboxylic acids is 3. The molecule has 7 rings (SSSR count). The normalized spacial score (nSPS) is 32.8. The second kappa shape index (κ2) is 6.51. The van der Waals surface area contributed by atoms with Crippen LogP contribution in [0.2, 0.25) is 0 Å². The predicted molar refractivity (Wildman–Crippen MR) is 121 cm³/mol. The van der Waals surface area contributed by atoms with Gasteiger partial charge >= 0.3 is 0 Å². The predicted octanol–water partition coefficient (Wildman–Crippen LogP) is 4.10. The fourth-order valence-corrected chi connectivity index (χ4v) is 6.09. The molecule has 2 saturated carbocycles. The summed E-state index contributed by atoms with van der Waals surface area (Å²) < 4.78 is 1.08. The van der Waals surface area contributed by atoms with Crippen molar-refractivity contribution in [2.75, 3.05) is 10.2 Å². The Morgan fingerprint density at radius 2 is 1.57 bits per heavy atom. The zero-order valence-corrected chi connectivity index (χ0v) is 18.2. The molecule has 5 aliphatic rings. The first-order chi connectivity index (χ1) is 14.5. The quantitative estimate of drug-likeness (QED) is 0.384. The summed E-state index contributed by atoms with van der Waals surface area (Å²) in [5.41, 5.74) is 1.61. The largest absolute Gasteiger partial charge is 0.322 e. The van der Waals surface area contributed by atoms with Gasteiger partial charge in [0.2, 0.25) is 11.8 Å². The minimum absolute atomic E-state index is 0.107. The Morgan fingerprint density at radius 1 is 0.933 bits per heavy atom. The Bertz CT molecular complexity index is 1090. The summed E-state index contributed by atoms with van der Waals surface area (Å²) >= 11 is 2.21. The van der Waals surface area contributed by atoms with Crippen LogP contribution < -0.4 is 10.2 Å². The third-order valence-electron chi connectivity index (χ3n) is 7.13. The minimum atomic E-state index is -0.266. The number of imide groups is 1. The van der Waals surface area contributed by atoms with Crippen molar-refractivity contribution in [1.29, 1.82) is 0 Å². The number of halogens is 1. The van der Waals surface area contributed by atoms with Crippen molar-refractivity contribution in [2.24, 2.45) is 35.5 Å². The molecular formula is C24H19IN2O3. The van der Waals surface area contributed by atoms with Gasteiger partial charge in [0.15, 0.2) is 0 Å². The second-order valence-electron chi connectivity index (χ2n) is 8.68. The molecule has 150 valence electrons. The highest BCUT2D eigenvalue weighted by Gasteiger charge is 2.67. The minimum Gasteiger partial charge on any atom is -0.322 e. The summed E-state index contributed by atoms with van der Waals surface area (Å²) in [5.74, 6) is 0.582. The van der Waals surface area contributed by atoms with Crippen molar-refractivity contribution < 1.29 is 14.4 Å². The lowest BCUT2D eigenvalue weighted by Crippen LogP contribution is -2.40. The molecule has 2 aromatic rings. The molecular weight excluding hydrogens is 491 g/mol. The second-order valence-corrected chi connectivity index (χ2v) is 9.92. The number of hydrogen-bond acceptors (Lipinski definition) is 3. The van der Waals surface area contributed by atoms with Gasteiger partial charge in [-0.2, -0.15) is 0 Å². The van der Waals surface area contributed by atoms with Gasteiger partial charge in [0.25, 0.3) is 5.91 Å². The molecule has 0 spiro atoms. The molecule has 0 aromatic heterocycles. The molecule has 3 amide bonds. The van der Waals surface area contributed by atoms with Crippen LogP contribution >= 0.6 is 22.6 Å². The van der Waals surface area contributed by atoms with E-state index in [0.29, 0.717) is 28.8 Å². The van der Waals surface area contributed by atoms with Crippen molar-refractivity contribution in [3.05, 3.63) is 69.8 Å². The van der Waals surface area contributed by atoms with E-state index in [2.05, 4.69) is 40.1 Å². The first-order valence-electron chi connectivity index (χ1n) is 10.3. The van der Waals surface area contributed by atoms with Crippen LogP contribution in [-0.4, -0.2) is 17.7 Å². The van der Waals surface area contributed by atoms with E-state index in [9.17, 15) is 14.4 Å². The fourth-order valence-electron chi connectivity index (χ4n) is 5.73. The smallest absolute Gasteiger partial charge is 0.255 e. The van der Waals surface area contributed by atoms with Crippen molar-refractivity contribution >= 4 is 51.7 Å². The van der Waals surface area contributed by atoms with Crippen LogP contribution in [0.15, 0.2) is 60.7 Å². The Kier molecular flexibility index (Phi) is 3.97. The van der Waals surface area contributed by atoms with Crippen LogP contribution in [0.25, 0.3) is 0 Å². The SMILES string of the molecule is O=C(Nc1ccc(I)cc1)c1cccc(N2C(=O)[C@@H]3[C@H]4C=C[C@@H]([C@@H]5C[C@@H]45)[C@@H]3C2=O)c1. The van der Waals surface area contributed by atoms with Gasteiger partial charge in [0.05, 0.1) is 17.5 Å². The summed E-state index contributed by atoms with van der Waals surface area (Å²) in [6, 6.07) is 14.3. The molecule has 5 nitrogen and oxygen atoms in total. The van der Waals surface area contributed by atoms with E-state index in [1.165, 1.54) is 4.90 Å². The van der Waals surface area contributed by atoms with Gasteiger partial charge in [-0.05, 0) is 95.1 Å². The highest BCUT2D eigenvalue weighted by atomic mass is 127. The number of anilines is 2. The van der Waals surface area contributed by atoms with E-state index in [-0.39, 0.29) is 41.4 Å². The number of nitrogens with zero attached hydrogens (tertiary/aromatic N) is 1. The van der Waals surface area contributed by atoms with Gasteiger partial charge < -0.3 is 5.32 Å². The number of nitrogens with one attached hydrogen (secondary N) is 1. The zero-order chi connectivity index (χ0) is 20.6. The van der Waals surface area contributed by atoms with Gasteiger partial charge in [-0.25, -0.2) is 4.90 Å². The van der Waals surface area contributed by atoms with E-state index >= 15 is 0 Å². The Morgan fingerprint density at radius 3 is 2.20 bits per heavy atom. The zero-order valence-electron chi connectivity index (χ0n) is 16.0. The molecule has 1 N–H and O–H groups in total. The lowest BCUT2D eigenvalue weighted by atomic mass is 9.63. The number of rotatable bonds is 3. The summed E-state index contributed by atoms with van der Waals surface area (Å²) in [5, 5.41) is 2.87. The number of benzene rings is 2. The molecule has 30 heavy (non-hydrogen) atoms. The topological polar surface area (TPSA) is 66.5 Å². The highest BCUT2D eigenvalue weighted by molar-refractivity contribution is 14.1. The Labute approximate surface area is 187 Å². The van der Waals surface area contributed by atoms with E-state index < -0.39 is 0 Å². The standard InChI is InChI=1S/C24H19IN2O3/c25-13-4-6-14(7-5-13)26-22(28)12-2-1-3-15(10-12)27-23(29)20-16-8-9-17(19-11-18(16)19)21(20)24(27)30/h1-10,16-21H,11H2,(H,26,28)/t16-,17-,18-,19-,20-,21+/m0/s1. The van der Waals surface area contributed by atoms with Crippen LogP contribution in [0.1, 0.15) is 16.8 Å². The van der Waals surface area contributed by atoms with E-state index in [0.717, 1.165) is 9.99 Å². The Hall–Kier alpha value is -2.48. The van der Waals surface area contributed by atoms with Crippen molar-refractivity contribution in [3.63, 3.8) is 0 Å². The van der Waals surface area contributed by atoms with E-state index in [1.807, 2.05) is 24.3 Å². The maximum Gasteiger partial charge on any atom is 0.255 e. The number of amides is 3. The van der Waals surface area contributed by atoms with Gasteiger partial charge in [0.1, 0.15) is 0 Å². The van der Waals surface area contributed by atoms with Crippen LogP contribution in [0.3, 0.4) is 0 Å². The summed E-state index contributed by atoms with van der Waals surface area (Å²) in [7, 11) is 0. The van der Waals surface area contributed by atoms with E-state index in [4.69, 9.17) is 0 Å². The number of carbonyl (C=O) groups is 3. The first-order valence-corrected chi connectivity index (χ1v) is 11.3. The molecule has 3 fully saturated rings.